The molecule has 6 heteroatoms. The Morgan fingerprint density at radius 2 is 2.00 bits per heavy atom. The molecule has 2 heterocycles. The van der Waals surface area contributed by atoms with Crippen LogP contribution in [-0.2, 0) is 19.5 Å². The summed E-state index contributed by atoms with van der Waals surface area (Å²) >= 11 is 0. The Balaban J connectivity index is 0.00000225. The molecule has 0 bridgehead atoms. The lowest BCUT2D eigenvalue weighted by Gasteiger charge is -2.28. The van der Waals surface area contributed by atoms with Gasteiger partial charge in [0.05, 0.1) is 6.26 Å². The number of rotatable bonds is 6. The van der Waals surface area contributed by atoms with E-state index in [1.807, 2.05) is 12.1 Å². The quantitative estimate of drug-likeness (QED) is 0.401. The first-order valence-corrected chi connectivity index (χ1v) is 8.69. The zero-order chi connectivity index (χ0) is 16.6. The first kappa shape index (κ1) is 19.8. The van der Waals surface area contributed by atoms with Crippen LogP contribution in [0.4, 0.5) is 0 Å². The average molecular weight is 454 g/mol. The maximum Gasteiger partial charge on any atom is 0.191 e. The van der Waals surface area contributed by atoms with Crippen LogP contribution < -0.4 is 10.6 Å². The molecular formula is C19H27IN4O. The summed E-state index contributed by atoms with van der Waals surface area (Å²) in [5, 5.41) is 6.69. The van der Waals surface area contributed by atoms with E-state index in [1.165, 1.54) is 11.1 Å². The minimum absolute atomic E-state index is 0. The molecule has 0 saturated carbocycles. The second-order valence-corrected chi connectivity index (χ2v) is 6.00. The number of halogens is 1. The number of furan rings is 1. The summed E-state index contributed by atoms with van der Waals surface area (Å²) in [6, 6.07) is 12.6. The summed E-state index contributed by atoms with van der Waals surface area (Å²) in [6.45, 7) is 7.54. The number of nitrogens with one attached hydrogen (secondary N) is 2. The van der Waals surface area contributed by atoms with Gasteiger partial charge in [-0.25, -0.2) is 4.99 Å². The van der Waals surface area contributed by atoms with Gasteiger partial charge in [0.25, 0.3) is 0 Å². The zero-order valence-electron chi connectivity index (χ0n) is 14.7. The Morgan fingerprint density at radius 1 is 1.16 bits per heavy atom. The predicted octanol–water partition coefficient (Wildman–Crippen LogP) is 3.01. The lowest BCUT2D eigenvalue weighted by Crippen LogP contribution is -2.42. The molecule has 0 unspecified atom stereocenters. The summed E-state index contributed by atoms with van der Waals surface area (Å²) < 4.78 is 5.32. The maximum absolute atomic E-state index is 5.32. The van der Waals surface area contributed by atoms with E-state index in [4.69, 9.17) is 4.42 Å². The summed E-state index contributed by atoms with van der Waals surface area (Å²) in [5.74, 6) is 1.71. The summed E-state index contributed by atoms with van der Waals surface area (Å²) in [6.07, 6.45) is 2.82. The van der Waals surface area contributed by atoms with Crippen LogP contribution in [0.5, 0.6) is 0 Å². The fraction of sp³-hybridized carbons (Fsp3) is 0.421. The van der Waals surface area contributed by atoms with E-state index in [2.05, 4.69) is 51.7 Å². The van der Waals surface area contributed by atoms with E-state index in [0.717, 1.165) is 50.9 Å². The highest BCUT2D eigenvalue weighted by molar-refractivity contribution is 14.0. The molecule has 1 aromatic heterocycles. The number of fused-ring (bicyclic) bond motifs is 1. The maximum atomic E-state index is 5.32. The molecule has 0 saturated heterocycles. The van der Waals surface area contributed by atoms with Crippen LogP contribution >= 0.6 is 24.0 Å². The third kappa shape index (κ3) is 6.04. The molecule has 0 spiro atoms. The second kappa shape index (κ2) is 10.5. The Kier molecular flexibility index (Phi) is 8.27. The van der Waals surface area contributed by atoms with Crippen molar-refractivity contribution in [2.75, 3.05) is 26.2 Å². The highest BCUT2D eigenvalue weighted by atomic mass is 127. The molecular weight excluding hydrogens is 427 g/mol. The third-order valence-corrected chi connectivity index (χ3v) is 4.25. The topological polar surface area (TPSA) is 52.8 Å². The number of aliphatic imine (C=N–C) groups is 1. The highest BCUT2D eigenvalue weighted by Crippen LogP contribution is 2.17. The monoisotopic (exact) mass is 454 g/mol. The van der Waals surface area contributed by atoms with Crippen LogP contribution in [0.2, 0.25) is 0 Å². The van der Waals surface area contributed by atoms with Crippen molar-refractivity contribution in [1.29, 1.82) is 0 Å². The van der Waals surface area contributed by atoms with Crippen molar-refractivity contribution in [3.63, 3.8) is 0 Å². The van der Waals surface area contributed by atoms with Crippen molar-refractivity contribution < 1.29 is 4.42 Å². The molecule has 25 heavy (non-hydrogen) atoms. The van der Waals surface area contributed by atoms with Crippen LogP contribution in [0.1, 0.15) is 23.8 Å². The SMILES string of the molecule is CCNC(=NCc1ccco1)NCCN1CCc2ccccc2C1.I. The van der Waals surface area contributed by atoms with Crippen molar-refractivity contribution >= 4 is 29.9 Å². The highest BCUT2D eigenvalue weighted by Gasteiger charge is 2.14. The van der Waals surface area contributed by atoms with Crippen molar-refractivity contribution in [3.05, 3.63) is 59.5 Å². The van der Waals surface area contributed by atoms with E-state index in [9.17, 15) is 0 Å². The van der Waals surface area contributed by atoms with Gasteiger partial charge < -0.3 is 15.1 Å². The zero-order valence-corrected chi connectivity index (χ0v) is 17.0. The van der Waals surface area contributed by atoms with Crippen molar-refractivity contribution in [1.82, 2.24) is 15.5 Å². The first-order chi connectivity index (χ1) is 11.8. The van der Waals surface area contributed by atoms with Gasteiger partial charge in [0.15, 0.2) is 5.96 Å². The first-order valence-electron chi connectivity index (χ1n) is 8.69. The minimum Gasteiger partial charge on any atom is -0.467 e. The number of nitrogens with zero attached hydrogens (tertiary/aromatic N) is 2. The molecule has 2 aromatic rings. The normalized spacial score (nSPS) is 14.5. The van der Waals surface area contributed by atoms with Crippen LogP contribution in [0.15, 0.2) is 52.1 Å². The lowest BCUT2D eigenvalue weighted by molar-refractivity contribution is 0.258. The Hall–Kier alpha value is -1.54. The average Bonchev–Trinajstić information content (AvgIpc) is 3.13. The lowest BCUT2D eigenvalue weighted by atomic mass is 10.00. The van der Waals surface area contributed by atoms with Crippen molar-refractivity contribution in [2.45, 2.75) is 26.4 Å². The Bertz CT molecular complexity index is 657. The molecule has 0 aliphatic carbocycles. The van der Waals surface area contributed by atoms with Gasteiger partial charge in [-0.15, -0.1) is 24.0 Å². The van der Waals surface area contributed by atoms with Crippen LogP contribution in [0, 0.1) is 0 Å². The van der Waals surface area contributed by atoms with Gasteiger partial charge >= 0.3 is 0 Å². The van der Waals surface area contributed by atoms with Crippen LogP contribution in [0.3, 0.4) is 0 Å². The minimum atomic E-state index is 0. The van der Waals surface area contributed by atoms with E-state index in [1.54, 1.807) is 6.26 Å². The fourth-order valence-corrected chi connectivity index (χ4v) is 2.98. The van der Waals surface area contributed by atoms with Gasteiger partial charge in [0.2, 0.25) is 0 Å². The van der Waals surface area contributed by atoms with E-state index >= 15 is 0 Å². The number of hydrogen-bond acceptors (Lipinski definition) is 3. The van der Waals surface area contributed by atoms with Gasteiger partial charge in [-0.2, -0.15) is 0 Å². The Morgan fingerprint density at radius 3 is 2.76 bits per heavy atom. The fourth-order valence-electron chi connectivity index (χ4n) is 2.98. The predicted molar refractivity (Wildman–Crippen MR) is 112 cm³/mol. The summed E-state index contributed by atoms with van der Waals surface area (Å²) in [4.78, 5) is 7.05. The Labute approximate surface area is 166 Å². The number of guanidine groups is 1. The van der Waals surface area contributed by atoms with Crippen LogP contribution in [0.25, 0.3) is 0 Å². The molecule has 3 rings (SSSR count). The van der Waals surface area contributed by atoms with E-state index in [0.29, 0.717) is 6.54 Å². The van der Waals surface area contributed by atoms with Gasteiger partial charge in [-0.1, -0.05) is 24.3 Å². The van der Waals surface area contributed by atoms with Crippen molar-refractivity contribution in [3.8, 4) is 0 Å². The molecule has 5 nitrogen and oxygen atoms in total. The molecule has 136 valence electrons. The molecule has 2 N–H and O–H groups in total. The largest absolute Gasteiger partial charge is 0.467 e. The number of hydrogen-bond donors (Lipinski definition) is 2. The van der Waals surface area contributed by atoms with Crippen LogP contribution in [-0.4, -0.2) is 37.0 Å². The molecule has 0 atom stereocenters. The smallest absolute Gasteiger partial charge is 0.191 e. The van der Waals surface area contributed by atoms with Gasteiger partial charge in [0, 0.05) is 32.7 Å². The summed E-state index contributed by atoms with van der Waals surface area (Å²) in [7, 11) is 0. The second-order valence-electron chi connectivity index (χ2n) is 6.00. The molecule has 1 aliphatic heterocycles. The summed E-state index contributed by atoms with van der Waals surface area (Å²) in [5.41, 5.74) is 2.96. The van der Waals surface area contributed by atoms with E-state index in [-0.39, 0.29) is 24.0 Å². The van der Waals surface area contributed by atoms with Crippen molar-refractivity contribution in [2.24, 2.45) is 4.99 Å². The van der Waals surface area contributed by atoms with Gasteiger partial charge in [0.1, 0.15) is 12.3 Å². The third-order valence-electron chi connectivity index (χ3n) is 4.25. The standard InChI is InChI=1S/C19H26N4O.HI/c1-2-20-19(22-14-18-8-5-13-24-18)21-10-12-23-11-9-16-6-3-4-7-17(16)15-23;/h3-8,13H,2,9-12,14-15H2,1H3,(H2,20,21,22);1H. The number of benzene rings is 1. The van der Waals surface area contributed by atoms with E-state index < -0.39 is 0 Å². The molecule has 1 aromatic carbocycles. The molecule has 0 amide bonds. The van der Waals surface area contributed by atoms with Gasteiger partial charge in [-0.05, 0) is 36.6 Å². The van der Waals surface area contributed by atoms with Gasteiger partial charge in [-0.3, -0.25) is 4.90 Å². The molecule has 1 aliphatic rings. The molecule has 0 radical (unpaired) electrons. The molecule has 0 fully saturated rings.